The molecule has 0 fully saturated rings. The molecular weight excluding hydrogens is 284 g/mol. The normalized spacial score (nSPS) is 11.0. The molecule has 5 nitrogen and oxygen atoms in total. The van der Waals surface area contributed by atoms with Crippen molar-refractivity contribution in [1.82, 2.24) is 20.2 Å². The van der Waals surface area contributed by atoms with Gasteiger partial charge in [0, 0.05) is 4.70 Å². The molecule has 0 saturated heterocycles. The van der Waals surface area contributed by atoms with Crippen LogP contribution in [0.2, 0.25) is 0 Å². The van der Waals surface area contributed by atoms with Crippen molar-refractivity contribution in [1.29, 1.82) is 0 Å². The lowest BCUT2D eigenvalue weighted by atomic mass is 10.2. The quantitative estimate of drug-likeness (QED) is 0.547. The van der Waals surface area contributed by atoms with Gasteiger partial charge >= 0.3 is 0 Å². The highest BCUT2D eigenvalue weighted by molar-refractivity contribution is 7.20. The smallest absolute Gasteiger partial charge is 0.196 e. The summed E-state index contributed by atoms with van der Waals surface area (Å²) in [7, 11) is 0. The molecule has 0 unspecified atom stereocenters. The molecular formula is C12H9ClN4OS. The molecule has 3 aromatic rings. The molecule has 0 amide bonds. The van der Waals surface area contributed by atoms with Crippen molar-refractivity contribution in [3.8, 4) is 0 Å². The van der Waals surface area contributed by atoms with Crippen LogP contribution in [0.25, 0.3) is 10.1 Å². The molecule has 0 aliphatic carbocycles. The van der Waals surface area contributed by atoms with Gasteiger partial charge in [-0.25, -0.2) is 0 Å². The number of tetrazole rings is 1. The van der Waals surface area contributed by atoms with Crippen LogP contribution >= 0.6 is 22.9 Å². The van der Waals surface area contributed by atoms with E-state index in [-0.39, 0.29) is 18.2 Å². The van der Waals surface area contributed by atoms with Crippen molar-refractivity contribution in [2.24, 2.45) is 0 Å². The third-order valence-corrected chi connectivity index (χ3v) is 4.00. The van der Waals surface area contributed by atoms with E-state index in [0.717, 1.165) is 10.1 Å². The zero-order chi connectivity index (χ0) is 13.2. The number of thiophene rings is 1. The highest BCUT2D eigenvalue weighted by Gasteiger charge is 2.12. The van der Waals surface area contributed by atoms with E-state index in [1.165, 1.54) is 16.1 Å². The van der Waals surface area contributed by atoms with Crippen molar-refractivity contribution in [3.05, 3.63) is 41.0 Å². The Bertz CT molecular complexity index is 703. The van der Waals surface area contributed by atoms with Gasteiger partial charge in [0.15, 0.2) is 11.6 Å². The van der Waals surface area contributed by atoms with Gasteiger partial charge in [0.25, 0.3) is 0 Å². The number of alkyl halides is 1. The van der Waals surface area contributed by atoms with Crippen LogP contribution in [-0.4, -0.2) is 26.0 Å². The van der Waals surface area contributed by atoms with E-state index in [9.17, 15) is 4.79 Å². The van der Waals surface area contributed by atoms with E-state index < -0.39 is 0 Å². The number of ketones is 1. The Morgan fingerprint density at radius 2 is 2.21 bits per heavy atom. The van der Waals surface area contributed by atoms with Crippen molar-refractivity contribution in [2.75, 3.05) is 0 Å². The number of nitrogens with zero attached hydrogens (tertiary/aromatic N) is 4. The first kappa shape index (κ1) is 12.3. The second-order valence-electron chi connectivity index (χ2n) is 3.94. The van der Waals surface area contributed by atoms with Crippen LogP contribution in [-0.2, 0) is 12.4 Å². The van der Waals surface area contributed by atoms with Gasteiger partial charge in [-0.3, -0.25) is 4.79 Å². The van der Waals surface area contributed by atoms with Crippen molar-refractivity contribution in [3.63, 3.8) is 0 Å². The Labute approximate surface area is 117 Å². The first-order valence-electron chi connectivity index (χ1n) is 5.60. The van der Waals surface area contributed by atoms with Crippen molar-refractivity contribution in [2.45, 2.75) is 12.4 Å². The highest BCUT2D eigenvalue weighted by Crippen LogP contribution is 2.25. The summed E-state index contributed by atoms with van der Waals surface area (Å²) in [5.41, 5.74) is 0. The Kier molecular flexibility index (Phi) is 3.27. The lowest BCUT2D eigenvalue weighted by Gasteiger charge is -1.95. The average molecular weight is 293 g/mol. The van der Waals surface area contributed by atoms with Crippen LogP contribution in [0.15, 0.2) is 30.3 Å². The summed E-state index contributed by atoms with van der Waals surface area (Å²) in [6, 6.07) is 9.79. The standard InChI is InChI=1S/C12H9ClN4OS/c13-6-12-14-16-17(15-12)7-9(18)11-5-8-3-1-2-4-10(8)19-11/h1-5H,6-7H2. The fraction of sp³-hybridized carbons (Fsp3) is 0.167. The van der Waals surface area contributed by atoms with Crippen LogP contribution in [0.1, 0.15) is 15.5 Å². The number of hydrogen-bond donors (Lipinski definition) is 0. The maximum atomic E-state index is 12.1. The van der Waals surface area contributed by atoms with E-state index in [4.69, 9.17) is 11.6 Å². The Morgan fingerprint density at radius 1 is 1.37 bits per heavy atom. The molecule has 0 N–H and O–H groups in total. The fourth-order valence-electron chi connectivity index (χ4n) is 1.72. The van der Waals surface area contributed by atoms with Gasteiger partial charge in [-0.1, -0.05) is 18.2 Å². The molecule has 0 aliphatic rings. The molecule has 2 aromatic heterocycles. The van der Waals surface area contributed by atoms with Gasteiger partial charge in [-0.15, -0.1) is 33.1 Å². The highest BCUT2D eigenvalue weighted by atomic mass is 35.5. The number of fused-ring (bicyclic) bond motifs is 1. The Balaban J connectivity index is 1.83. The van der Waals surface area contributed by atoms with Gasteiger partial charge in [0.1, 0.15) is 6.54 Å². The molecule has 3 rings (SSSR count). The maximum absolute atomic E-state index is 12.1. The first-order valence-corrected chi connectivity index (χ1v) is 6.96. The summed E-state index contributed by atoms with van der Waals surface area (Å²) in [5, 5.41) is 12.6. The third kappa shape index (κ3) is 2.50. The number of benzene rings is 1. The predicted octanol–water partition coefficient (Wildman–Crippen LogP) is 2.51. The number of hydrogen-bond acceptors (Lipinski definition) is 5. The summed E-state index contributed by atoms with van der Waals surface area (Å²) >= 11 is 7.06. The predicted molar refractivity (Wildman–Crippen MR) is 73.5 cm³/mol. The molecule has 0 spiro atoms. The fourth-order valence-corrected chi connectivity index (χ4v) is 2.82. The lowest BCUT2D eigenvalue weighted by molar-refractivity contribution is 0.0965. The second kappa shape index (κ2) is 5.07. The number of Topliss-reactive ketones (excluding diaryl/α,β-unsaturated/α-hetero) is 1. The van der Waals surface area contributed by atoms with E-state index >= 15 is 0 Å². The maximum Gasteiger partial charge on any atom is 0.196 e. The van der Waals surface area contributed by atoms with Crippen LogP contribution in [0.5, 0.6) is 0 Å². The monoisotopic (exact) mass is 292 g/mol. The summed E-state index contributed by atoms with van der Waals surface area (Å²) < 4.78 is 1.10. The van der Waals surface area contributed by atoms with Crippen LogP contribution in [0.3, 0.4) is 0 Å². The Hall–Kier alpha value is -1.79. The minimum Gasteiger partial charge on any atom is -0.291 e. The summed E-state index contributed by atoms with van der Waals surface area (Å²) in [6.07, 6.45) is 0. The zero-order valence-electron chi connectivity index (χ0n) is 9.78. The summed E-state index contributed by atoms with van der Waals surface area (Å²) in [6.45, 7) is 0.0801. The zero-order valence-corrected chi connectivity index (χ0v) is 11.4. The summed E-state index contributed by atoms with van der Waals surface area (Å²) in [4.78, 5) is 14.1. The number of carbonyl (C=O) groups is 1. The van der Waals surface area contributed by atoms with Gasteiger partial charge in [-0.2, -0.15) is 4.80 Å². The van der Waals surface area contributed by atoms with Crippen molar-refractivity contribution < 1.29 is 4.79 Å². The van der Waals surface area contributed by atoms with E-state index in [2.05, 4.69) is 15.4 Å². The van der Waals surface area contributed by atoms with E-state index in [0.29, 0.717) is 10.7 Å². The SMILES string of the molecule is O=C(Cn1nnc(CCl)n1)c1cc2ccccc2s1. The topological polar surface area (TPSA) is 60.7 Å². The molecule has 2 heterocycles. The van der Waals surface area contributed by atoms with Gasteiger partial charge in [0.05, 0.1) is 10.8 Å². The molecule has 0 saturated carbocycles. The minimum absolute atomic E-state index is 0.0280. The second-order valence-corrected chi connectivity index (χ2v) is 5.29. The molecule has 0 aliphatic heterocycles. The van der Waals surface area contributed by atoms with Gasteiger partial charge in [-0.05, 0) is 22.7 Å². The molecule has 0 bridgehead atoms. The van der Waals surface area contributed by atoms with Gasteiger partial charge < -0.3 is 0 Å². The van der Waals surface area contributed by atoms with Crippen LogP contribution in [0, 0.1) is 0 Å². The molecule has 7 heteroatoms. The summed E-state index contributed by atoms with van der Waals surface area (Å²) in [5.74, 6) is 0.586. The van der Waals surface area contributed by atoms with Crippen LogP contribution < -0.4 is 0 Å². The van der Waals surface area contributed by atoms with Gasteiger partial charge in [0.2, 0.25) is 0 Å². The molecule has 0 radical (unpaired) electrons. The minimum atomic E-state index is -0.0280. The van der Waals surface area contributed by atoms with E-state index in [1.54, 1.807) is 0 Å². The third-order valence-electron chi connectivity index (χ3n) is 2.60. The molecule has 0 atom stereocenters. The number of carbonyl (C=O) groups excluding carboxylic acids is 1. The molecule has 19 heavy (non-hydrogen) atoms. The average Bonchev–Trinajstić information content (AvgIpc) is 3.04. The molecule has 96 valence electrons. The molecule has 1 aromatic carbocycles. The number of rotatable bonds is 4. The number of aromatic nitrogens is 4. The van der Waals surface area contributed by atoms with Crippen molar-refractivity contribution >= 4 is 38.8 Å². The first-order chi connectivity index (χ1) is 9.26. The lowest BCUT2D eigenvalue weighted by Crippen LogP contribution is -2.12. The van der Waals surface area contributed by atoms with Crippen LogP contribution in [0.4, 0.5) is 0 Å². The largest absolute Gasteiger partial charge is 0.291 e. The number of halogens is 1. The Morgan fingerprint density at radius 3 is 2.95 bits per heavy atom. The van der Waals surface area contributed by atoms with E-state index in [1.807, 2.05) is 30.3 Å².